The highest BCUT2D eigenvalue weighted by atomic mass is 16.5. The molecule has 0 aromatic heterocycles. The third-order valence-electron chi connectivity index (χ3n) is 3.96. The lowest BCUT2D eigenvalue weighted by atomic mass is 9.92. The van der Waals surface area contributed by atoms with Gasteiger partial charge in [0, 0.05) is 12.5 Å². The maximum absolute atomic E-state index is 10.5. The topological polar surface area (TPSA) is 72.5 Å². The minimum Gasteiger partial charge on any atom is -0.494 e. The summed E-state index contributed by atoms with van der Waals surface area (Å²) < 4.78 is 5.55. The lowest BCUT2D eigenvalue weighted by Gasteiger charge is -2.17. The van der Waals surface area contributed by atoms with Crippen molar-refractivity contribution < 1.29 is 14.6 Å². The number of ether oxygens (including phenoxy) is 1. The molecule has 0 aliphatic heterocycles. The Morgan fingerprint density at radius 1 is 1.45 bits per heavy atom. The second-order valence-electron chi connectivity index (χ2n) is 5.41. The third-order valence-corrected chi connectivity index (χ3v) is 3.96. The third kappa shape index (κ3) is 3.51. The number of carboxylic acids is 1. The molecule has 1 aliphatic rings. The van der Waals surface area contributed by atoms with Crippen LogP contribution < -0.4 is 10.5 Å². The zero-order chi connectivity index (χ0) is 14.5. The van der Waals surface area contributed by atoms with Crippen molar-refractivity contribution in [1.29, 1.82) is 0 Å². The molecular formula is C16H23NO3. The maximum atomic E-state index is 10.5. The van der Waals surface area contributed by atoms with Crippen LogP contribution >= 0.6 is 0 Å². The molecule has 1 aliphatic carbocycles. The number of nitrogens with two attached hydrogens (primary N) is 1. The Labute approximate surface area is 119 Å². The molecule has 3 N–H and O–H groups in total. The molecule has 2 unspecified atom stereocenters. The normalized spacial score (nSPS) is 20.7. The van der Waals surface area contributed by atoms with E-state index in [9.17, 15) is 4.79 Å². The zero-order valence-electron chi connectivity index (χ0n) is 12.0. The summed E-state index contributed by atoms with van der Waals surface area (Å²) in [6.45, 7) is 2.64. The Kier molecular flexibility index (Phi) is 5.01. The summed E-state index contributed by atoms with van der Waals surface area (Å²) in [4.78, 5) is 10.5. The molecule has 20 heavy (non-hydrogen) atoms. The molecule has 0 spiro atoms. The van der Waals surface area contributed by atoms with E-state index in [1.54, 1.807) is 0 Å². The van der Waals surface area contributed by atoms with Gasteiger partial charge in [-0.1, -0.05) is 12.5 Å². The van der Waals surface area contributed by atoms with Gasteiger partial charge in [-0.15, -0.1) is 0 Å². The van der Waals surface area contributed by atoms with Gasteiger partial charge in [-0.2, -0.15) is 0 Å². The fourth-order valence-corrected chi connectivity index (χ4v) is 3.00. The van der Waals surface area contributed by atoms with Gasteiger partial charge in [-0.05, 0) is 55.4 Å². The number of fused-ring (bicyclic) bond motifs is 1. The number of hydrogen-bond donors (Lipinski definition) is 2. The minimum atomic E-state index is -0.722. The minimum absolute atomic E-state index is 0.145. The van der Waals surface area contributed by atoms with E-state index >= 15 is 0 Å². The molecule has 0 bridgehead atoms. The highest BCUT2D eigenvalue weighted by molar-refractivity contribution is 5.66. The van der Waals surface area contributed by atoms with Crippen molar-refractivity contribution in [3.05, 3.63) is 29.3 Å². The number of aliphatic carboxylic acids is 1. The van der Waals surface area contributed by atoms with E-state index in [1.807, 2.05) is 13.0 Å². The molecule has 110 valence electrons. The second-order valence-corrected chi connectivity index (χ2v) is 5.41. The fourth-order valence-electron chi connectivity index (χ4n) is 3.00. The molecule has 1 aromatic rings. The van der Waals surface area contributed by atoms with Crippen LogP contribution in [0.1, 0.15) is 49.7 Å². The first kappa shape index (κ1) is 14.9. The van der Waals surface area contributed by atoms with Crippen molar-refractivity contribution in [2.45, 2.75) is 51.0 Å². The Morgan fingerprint density at radius 3 is 2.95 bits per heavy atom. The van der Waals surface area contributed by atoms with Crippen LogP contribution in [-0.2, 0) is 11.2 Å². The number of rotatable bonds is 7. The number of carbonyl (C=O) groups is 1. The maximum Gasteiger partial charge on any atom is 0.303 e. The van der Waals surface area contributed by atoms with Gasteiger partial charge >= 0.3 is 5.97 Å². The molecule has 0 saturated carbocycles. The van der Waals surface area contributed by atoms with Gasteiger partial charge in [0.15, 0.2) is 0 Å². The summed E-state index contributed by atoms with van der Waals surface area (Å²) in [5.74, 6) is 0.509. The molecule has 0 fully saturated rings. The van der Waals surface area contributed by atoms with Crippen LogP contribution in [0.5, 0.6) is 5.75 Å². The zero-order valence-corrected chi connectivity index (χ0v) is 12.0. The Hall–Kier alpha value is -1.55. The van der Waals surface area contributed by atoms with Crippen molar-refractivity contribution in [1.82, 2.24) is 0 Å². The molecule has 0 radical (unpaired) electrons. The fraction of sp³-hybridized carbons (Fsp3) is 0.562. The summed E-state index contributed by atoms with van der Waals surface area (Å²) >= 11 is 0. The predicted molar refractivity (Wildman–Crippen MR) is 78.1 cm³/mol. The van der Waals surface area contributed by atoms with Crippen LogP contribution in [0.4, 0.5) is 0 Å². The Bertz CT molecular complexity index is 473. The summed E-state index contributed by atoms with van der Waals surface area (Å²) in [6, 6.07) is 6.36. The van der Waals surface area contributed by atoms with Crippen molar-refractivity contribution in [2.24, 2.45) is 5.73 Å². The van der Waals surface area contributed by atoms with Gasteiger partial charge in [-0.25, -0.2) is 0 Å². The molecule has 1 aromatic carbocycles. The van der Waals surface area contributed by atoms with Crippen molar-refractivity contribution in [2.75, 3.05) is 6.61 Å². The van der Waals surface area contributed by atoms with Crippen LogP contribution in [-0.4, -0.2) is 23.7 Å². The summed E-state index contributed by atoms with van der Waals surface area (Å²) in [7, 11) is 0. The lowest BCUT2D eigenvalue weighted by Crippen LogP contribution is -2.24. The van der Waals surface area contributed by atoms with Gasteiger partial charge in [0.1, 0.15) is 5.75 Å². The van der Waals surface area contributed by atoms with E-state index in [1.165, 1.54) is 11.1 Å². The van der Waals surface area contributed by atoms with Crippen LogP contribution in [0.3, 0.4) is 0 Å². The van der Waals surface area contributed by atoms with Gasteiger partial charge < -0.3 is 15.6 Å². The van der Waals surface area contributed by atoms with Gasteiger partial charge in [0.05, 0.1) is 6.61 Å². The quantitative estimate of drug-likeness (QED) is 0.752. The Balaban J connectivity index is 2.00. The largest absolute Gasteiger partial charge is 0.494 e. The van der Waals surface area contributed by atoms with E-state index in [4.69, 9.17) is 15.6 Å². The summed E-state index contributed by atoms with van der Waals surface area (Å²) in [6.07, 6.45) is 3.73. The first-order valence-corrected chi connectivity index (χ1v) is 7.34. The highest BCUT2D eigenvalue weighted by Crippen LogP contribution is 2.38. The van der Waals surface area contributed by atoms with E-state index < -0.39 is 5.97 Å². The first-order valence-electron chi connectivity index (χ1n) is 7.34. The molecule has 2 rings (SSSR count). The predicted octanol–water partition coefficient (Wildman–Crippen LogP) is 2.70. The standard InChI is InChI=1S/C16H23NO3/c1-2-20-12-8-7-11-9-15(17)13(14(11)10-12)5-3-4-6-16(18)19/h7-8,10,13,15H,2-6,9,17H2,1H3,(H,18,19). The van der Waals surface area contributed by atoms with Crippen molar-refractivity contribution >= 4 is 5.97 Å². The Morgan fingerprint density at radius 2 is 2.25 bits per heavy atom. The SMILES string of the molecule is CCOc1ccc2c(c1)C(CCCCC(=O)O)C(N)C2. The van der Waals surface area contributed by atoms with Gasteiger partial charge in [0.25, 0.3) is 0 Å². The monoisotopic (exact) mass is 277 g/mol. The number of benzene rings is 1. The number of hydrogen-bond acceptors (Lipinski definition) is 3. The molecule has 4 nitrogen and oxygen atoms in total. The van der Waals surface area contributed by atoms with Crippen LogP contribution in [0.2, 0.25) is 0 Å². The smallest absolute Gasteiger partial charge is 0.303 e. The first-order chi connectivity index (χ1) is 9.61. The van der Waals surface area contributed by atoms with Crippen LogP contribution in [0, 0.1) is 0 Å². The van der Waals surface area contributed by atoms with Crippen molar-refractivity contribution in [3.8, 4) is 5.75 Å². The average Bonchev–Trinajstić information content (AvgIpc) is 2.70. The summed E-state index contributed by atoms with van der Waals surface area (Å²) in [5.41, 5.74) is 8.84. The van der Waals surface area contributed by atoms with E-state index in [2.05, 4.69) is 12.1 Å². The van der Waals surface area contributed by atoms with Gasteiger partial charge in [0.2, 0.25) is 0 Å². The second kappa shape index (κ2) is 6.75. The highest BCUT2D eigenvalue weighted by Gasteiger charge is 2.29. The molecule has 0 amide bonds. The molecule has 0 heterocycles. The molecular weight excluding hydrogens is 254 g/mol. The summed E-state index contributed by atoms with van der Waals surface area (Å²) in [5, 5.41) is 8.67. The molecule has 2 atom stereocenters. The average molecular weight is 277 g/mol. The van der Waals surface area contributed by atoms with E-state index in [-0.39, 0.29) is 12.5 Å². The molecule has 0 saturated heterocycles. The number of carboxylic acid groups (broad SMARTS) is 1. The lowest BCUT2D eigenvalue weighted by molar-refractivity contribution is -0.137. The van der Waals surface area contributed by atoms with Gasteiger partial charge in [-0.3, -0.25) is 4.79 Å². The van der Waals surface area contributed by atoms with E-state index in [0.29, 0.717) is 12.5 Å². The van der Waals surface area contributed by atoms with Crippen LogP contribution in [0.25, 0.3) is 0 Å². The molecule has 4 heteroatoms. The number of unbranched alkanes of at least 4 members (excludes halogenated alkanes) is 1. The van der Waals surface area contributed by atoms with E-state index in [0.717, 1.165) is 31.4 Å². The van der Waals surface area contributed by atoms with Crippen LogP contribution in [0.15, 0.2) is 18.2 Å². The van der Waals surface area contributed by atoms with Crippen molar-refractivity contribution in [3.63, 3.8) is 0 Å².